The van der Waals surface area contributed by atoms with E-state index in [0.29, 0.717) is 0 Å². The number of anilines is 3. The summed E-state index contributed by atoms with van der Waals surface area (Å²) in [4.78, 5) is 2.49. The number of aromatic nitrogens is 1. The molecule has 5 aromatic carbocycles. The fraction of sp³-hybridized carbons (Fsp3) is 0.118. The fourth-order valence-electron chi connectivity index (χ4n) is 7.12. The van der Waals surface area contributed by atoms with Gasteiger partial charge < -0.3 is 9.47 Å². The summed E-state index contributed by atoms with van der Waals surface area (Å²) >= 11 is 0. The first-order valence-electron chi connectivity index (χ1n) is 13.2. The van der Waals surface area contributed by atoms with Gasteiger partial charge >= 0.3 is 0 Å². The normalized spacial score (nSPS) is 13.3. The van der Waals surface area contributed by atoms with Gasteiger partial charge in [0.1, 0.15) is 0 Å². The van der Waals surface area contributed by atoms with Crippen molar-refractivity contribution in [1.29, 1.82) is 0 Å². The van der Waals surface area contributed by atoms with E-state index in [1.807, 2.05) is 0 Å². The molecule has 2 aliphatic heterocycles. The summed E-state index contributed by atoms with van der Waals surface area (Å²) in [7, 11) is 0. The van der Waals surface area contributed by atoms with Crippen LogP contribution in [0.2, 0.25) is 0 Å². The maximum absolute atomic E-state index is 2.55. The molecule has 0 radical (unpaired) electrons. The molecule has 6 aromatic rings. The minimum Gasteiger partial charge on any atom is -0.311 e. The van der Waals surface area contributed by atoms with Crippen LogP contribution in [0.15, 0.2) is 91.0 Å². The summed E-state index contributed by atoms with van der Waals surface area (Å²) in [6, 6.07) is 34.1. The van der Waals surface area contributed by atoms with Crippen molar-refractivity contribution in [3.8, 4) is 5.69 Å². The van der Waals surface area contributed by atoms with Crippen LogP contribution in [-0.4, -0.2) is 11.3 Å². The number of hydrogen-bond acceptors (Lipinski definition) is 1. The quantitative estimate of drug-likeness (QED) is 0.243. The summed E-state index contributed by atoms with van der Waals surface area (Å²) in [6.07, 6.45) is 0. The van der Waals surface area contributed by atoms with Crippen LogP contribution >= 0.6 is 0 Å². The number of para-hydroxylation sites is 1. The van der Waals surface area contributed by atoms with Crippen LogP contribution in [0.1, 0.15) is 22.3 Å². The Kier molecular flexibility index (Phi) is 4.05. The first-order chi connectivity index (χ1) is 18.0. The van der Waals surface area contributed by atoms with Crippen molar-refractivity contribution in [1.82, 2.24) is 4.57 Å². The van der Waals surface area contributed by atoms with Crippen molar-refractivity contribution in [2.45, 2.75) is 27.7 Å². The Morgan fingerprint density at radius 3 is 2.16 bits per heavy atom. The van der Waals surface area contributed by atoms with E-state index in [4.69, 9.17) is 0 Å². The maximum atomic E-state index is 2.55. The van der Waals surface area contributed by atoms with Crippen LogP contribution in [-0.2, 0) is 0 Å². The third-order valence-corrected chi connectivity index (χ3v) is 8.52. The molecule has 0 saturated carbocycles. The van der Waals surface area contributed by atoms with E-state index in [0.717, 1.165) is 0 Å². The number of fused-ring (bicyclic) bond motifs is 7. The predicted octanol–water partition coefficient (Wildman–Crippen LogP) is 6.63. The van der Waals surface area contributed by atoms with Crippen LogP contribution in [0.3, 0.4) is 0 Å². The summed E-state index contributed by atoms with van der Waals surface area (Å²) in [5.74, 6) is 0. The van der Waals surface area contributed by atoms with Crippen molar-refractivity contribution in [2.75, 3.05) is 4.90 Å². The van der Waals surface area contributed by atoms with Crippen LogP contribution in [0, 0.1) is 27.7 Å². The second-order valence-corrected chi connectivity index (χ2v) is 10.9. The standard InChI is InChI=1S/C34H27BN2/c1-20-13-15-25-26-16-14-22(3)32-34(26)37(29(25)18-20)28-12-8-11-27-33(28)35(32)31-23(4)17-21(2)19-30(31)36(27)24-9-6-5-7-10-24/h5-19H,1-4H3. The lowest BCUT2D eigenvalue weighted by Gasteiger charge is -2.41. The number of hydrogen-bond donors (Lipinski definition) is 0. The zero-order chi connectivity index (χ0) is 25.0. The zero-order valence-electron chi connectivity index (χ0n) is 21.6. The Balaban J connectivity index is 1.61. The molecular weight excluding hydrogens is 447 g/mol. The molecule has 37 heavy (non-hydrogen) atoms. The van der Waals surface area contributed by atoms with Crippen molar-refractivity contribution in [3.05, 3.63) is 113 Å². The molecule has 2 aliphatic rings. The van der Waals surface area contributed by atoms with Crippen molar-refractivity contribution >= 4 is 62.0 Å². The highest BCUT2D eigenvalue weighted by Gasteiger charge is 2.43. The Morgan fingerprint density at radius 2 is 1.32 bits per heavy atom. The first-order valence-corrected chi connectivity index (χ1v) is 13.2. The lowest BCUT2D eigenvalue weighted by molar-refractivity contribution is 1.17. The average Bonchev–Trinajstić information content (AvgIpc) is 3.21. The molecule has 3 heteroatoms. The maximum Gasteiger partial charge on any atom is 0.252 e. The Morgan fingerprint density at radius 1 is 0.541 bits per heavy atom. The van der Waals surface area contributed by atoms with Gasteiger partial charge in [-0.1, -0.05) is 65.7 Å². The highest BCUT2D eigenvalue weighted by molar-refractivity contribution is 7.00. The van der Waals surface area contributed by atoms with E-state index in [1.54, 1.807) is 0 Å². The van der Waals surface area contributed by atoms with Crippen LogP contribution in [0.25, 0.3) is 27.5 Å². The van der Waals surface area contributed by atoms with E-state index in [2.05, 4.69) is 128 Å². The van der Waals surface area contributed by atoms with Crippen LogP contribution < -0.4 is 21.3 Å². The van der Waals surface area contributed by atoms with Crippen molar-refractivity contribution < 1.29 is 0 Å². The Bertz CT molecular complexity index is 1930. The van der Waals surface area contributed by atoms with Gasteiger partial charge in [-0.15, -0.1) is 0 Å². The molecule has 8 rings (SSSR count). The fourth-order valence-corrected chi connectivity index (χ4v) is 7.12. The molecular formula is C34H27BN2. The molecule has 0 N–H and O–H groups in total. The largest absolute Gasteiger partial charge is 0.311 e. The van der Waals surface area contributed by atoms with E-state index in [-0.39, 0.29) is 6.71 Å². The Hall–Kier alpha value is -4.24. The van der Waals surface area contributed by atoms with E-state index >= 15 is 0 Å². The molecule has 176 valence electrons. The lowest BCUT2D eigenvalue weighted by Crippen LogP contribution is -2.61. The third-order valence-electron chi connectivity index (χ3n) is 8.52. The second-order valence-electron chi connectivity index (χ2n) is 10.9. The first kappa shape index (κ1) is 20.9. The van der Waals surface area contributed by atoms with E-state index < -0.39 is 0 Å². The van der Waals surface area contributed by atoms with Gasteiger partial charge in [0.2, 0.25) is 0 Å². The van der Waals surface area contributed by atoms with Gasteiger partial charge in [-0.3, -0.25) is 0 Å². The minimum atomic E-state index is 0.198. The summed E-state index contributed by atoms with van der Waals surface area (Å²) in [5.41, 5.74) is 17.4. The molecule has 3 heterocycles. The highest BCUT2D eigenvalue weighted by Crippen LogP contribution is 2.42. The van der Waals surface area contributed by atoms with Crippen molar-refractivity contribution in [2.24, 2.45) is 0 Å². The Labute approximate surface area is 217 Å². The van der Waals surface area contributed by atoms with Gasteiger partial charge in [-0.25, -0.2) is 0 Å². The molecule has 2 nitrogen and oxygen atoms in total. The summed E-state index contributed by atoms with van der Waals surface area (Å²) < 4.78 is 2.55. The molecule has 0 saturated heterocycles. The predicted molar refractivity (Wildman–Crippen MR) is 159 cm³/mol. The molecule has 0 aliphatic carbocycles. The second kappa shape index (κ2) is 7.17. The molecule has 0 amide bonds. The van der Waals surface area contributed by atoms with Gasteiger partial charge in [0.15, 0.2) is 0 Å². The number of benzene rings is 5. The molecule has 0 atom stereocenters. The average molecular weight is 474 g/mol. The number of nitrogens with zero attached hydrogens (tertiary/aromatic N) is 2. The van der Waals surface area contributed by atoms with Crippen LogP contribution in [0.5, 0.6) is 0 Å². The van der Waals surface area contributed by atoms with Gasteiger partial charge in [-0.05, 0) is 91.6 Å². The van der Waals surface area contributed by atoms with Gasteiger partial charge in [0.05, 0.1) is 5.52 Å². The number of aryl methyl sites for hydroxylation is 4. The lowest BCUT2D eigenvalue weighted by atomic mass is 9.32. The van der Waals surface area contributed by atoms with E-state index in [1.165, 1.54) is 83.2 Å². The molecule has 1 aromatic heterocycles. The molecule has 0 fully saturated rings. The van der Waals surface area contributed by atoms with Gasteiger partial charge in [0.25, 0.3) is 6.71 Å². The highest BCUT2D eigenvalue weighted by atomic mass is 15.2. The molecule has 0 bridgehead atoms. The SMILES string of the molecule is Cc1cc(C)c2c(c1)N(c1ccccc1)c1cccc3c1B2c1c(C)ccc2c4ccc(C)cc4n-3c12. The minimum absolute atomic E-state index is 0.198. The van der Waals surface area contributed by atoms with Gasteiger partial charge in [0, 0.05) is 39.0 Å². The number of rotatable bonds is 1. The molecule has 0 unspecified atom stereocenters. The monoisotopic (exact) mass is 474 g/mol. The zero-order valence-corrected chi connectivity index (χ0v) is 21.6. The third kappa shape index (κ3) is 2.61. The smallest absolute Gasteiger partial charge is 0.252 e. The van der Waals surface area contributed by atoms with Crippen LogP contribution in [0.4, 0.5) is 17.1 Å². The molecule has 0 spiro atoms. The van der Waals surface area contributed by atoms with Crippen molar-refractivity contribution in [3.63, 3.8) is 0 Å². The summed E-state index contributed by atoms with van der Waals surface area (Å²) in [5, 5.41) is 2.68. The topological polar surface area (TPSA) is 8.17 Å². The van der Waals surface area contributed by atoms with Gasteiger partial charge in [-0.2, -0.15) is 0 Å². The van der Waals surface area contributed by atoms with E-state index in [9.17, 15) is 0 Å². The summed E-state index contributed by atoms with van der Waals surface area (Å²) in [6.45, 7) is 9.20.